The molecular formula is C22H24O5. The van der Waals surface area contributed by atoms with Gasteiger partial charge in [0.1, 0.15) is 24.7 Å². The molecule has 0 fully saturated rings. The molecule has 0 atom stereocenters. The number of fused-ring (bicyclic) bond motifs is 1. The summed E-state index contributed by atoms with van der Waals surface area (Å²) in [4.78, 5) is 23.5. The summed E-state index contributed by atoms with van der Waals surface area (Å²) < 4.78 is 11.0. The molecule has 0 amide bonds. The van der Waals surface area contributed by atoms with Crippen LogP contribution in [-0.4, -0.2) is 30.1 Å². The first kappa shape index (κ1) is 19.0. The van der Waals surface area contributed by atoms with Gasteiger partial charge in [0.05, 0.1) is 0 Å². The first-order valence-electron chi connectivity index (χ1n) is 9.29. The summed E-state index contributed by atoms with van der Waals surface area (Å²) in [5, 5.41) is 10.1. The molecule has 0 heterocycles. The summed E-state index contributed by atoms with van der Waals surface area (Å²) >= 11 is 0. The number of phenols is 1. The summed E-state index contributed by atoms with van der Waals surface area (Å²) in [7, 11) is 0. The average Bonchev–Trinajstić information content (AvgIpc) is 3.04. The zero-order chi connectivity index (χ0) is 19.4. The van der Waals surface area contributed by atoms with Gasteiger partial charge in [0.25, 0.3) is 0 Å². The summed E-state index contributed by atoms with van der Waals surface area (Å²) in [6.07, 6.45) is 2.36. The van der Waals surface area contributed by atoms with E-state index in [1.807, 2.05) is 25.1 Å². The molecule has 0 saturated carbocycles. The Kier molecular flexibility index (Phi) is 5.79. The number of hydrogen-bond donors (Lipinski definition) is 1. The number of benzene rings is 2. The second-order valence-corrected chi connectivity index (χ2v) is 6.66. The van der Waals surface area contributed by atoms with Gasteiger partial charge in [-0.15, -0.1) is 0 Å². The van der Waals surface area contributed by atoms with Crippen molar-refractivity contribution in [2.24, 2.45) is 0 Å². The number of aromatic hydroxyl groups is 1. The fourth-order valence-electron chi connectivity index (χ4n) is 3.40. The number of ketones is 1. The van der Waals surface area contributed by atoms with Crippen molar-refractivity contribution in [2.75, 3.05) is 13.2 Å². The molecule has 27 heavy (non-hydrogen) atoms. The Bertz CT molecular complexity index is 869. The summed E-state index contributed by atoms with van der Waals surface area (Å²) in [5.41, 5.74) is 4.18. The number of rotatable bonds is 7. The van der Waals surface area contributed by atoms with Gasteiger partial charge in [0.15, 0.2) is 5.78 Å². The van der Waals surface area contributed by atoms with E-state index in [9.17, 15) is 14.7 Å². The van der Waals surface area contributed by atoms with Crippen LogP contribution in [0, 0.1) is 6.92 Å². The molecule has 3 rings (SSSR count). The third kappa shape index (κ3) is 3.97. The van der Waals surface area contributed by atoms with E-state index in [1.165, 1.54) is 0 Å². The van der Waals surface area contributed by atoms with Gasteiger partial charge in [-0.05, 0) is 43.0 Å². The Morgan fingerprint density at radius 1 is 1.07 bits per heavy atom. The number of phenolic OH excluding ortho intramolecular Hbond substituents is 1. The van der Waals surface area contributed by atoms with E-state index in [-0.39, 0.29) is 30.7 Å². The fourth-order valence-corrected chi connectivity index (χ4v) is 3.40. The van der Waals surface area contributed by atoms with Crippen molar-refractivity contribution in [2.45, 2.75) is 39.5 Å². The van der Waals surface area contributed by atoms with Crippen LogP contribution in [0.15, 0.2) is 30.3 Å². The summed E-state index contributed by atoms with van der Waals surface area (Å²) in [6.45, 7) is 4.05. The van der Waals surface area contributed by atoms with Crippen molar-refractivity contribution in [1.29, 1.82) is 0 Å². The van der Waals surface area contributed by atoms with Crippen LogP contribution >= 0.6 is 0 Å². The van der Waals surface area contributed by atoms with Crippen LogP contribution in [0.4, 0.5) is 0 Å². The third-order valence-corrected chi connectivity index (χ3v) is 4.79. The van der Waals surface area contributed by atoms with E-state index >= 15 is 0 Å². The topological polar surface area (TPSA) is 72.8 Å². The van der Waals surface area contributed by atoms with Crippen LogP contribution < -0.4 is 4.74 Å². The van der Waals surface area contributed by atoms with Crippen molar-refractivity contribution >= 4 is 11.8 Å². The maximum absolute atomic E-state index is 12.1. The molecule has 1 aliphatic carbocycles. The number of ether oxygens (including phenoxy) is 2. The smallest absolute Gasteiger partial charge is 0.305 e. The largest absolute Gasteiger partial charge is 0.508 e. The minimum Gasteiger partial charge on any atom is -0.508 e. The Labute approximate surface area is 158 Å². The maximum Gasteiger partial charge on any atom is 0.305 e. The predicted octanol–water partition coefficient (Wildman–Crippen LogP) is 4.22. The van der Waals surface area contributed by atoms with Gasteiger partial charge in [0.2, 0.25) is 0 Å². The van der Waals surface area contributed by atoms with Crippen molar-refractivity contribution in [3.63, 3.8) is 0 Å². The molecule has 0 aliphatic heterocycles. The molecule has 0 radical (unpaired) electrons. The Balaban J connectivity index is 1.86. The van der Waals surface area contributed by atoms with Gasteiger partial charge in [-0.1, -0.05) is 25.1 Å². The molecular weight excluding hydrogens is 344 g/mol. The highest BCUT2D eigenvalue weighted by Gasteiger charge is 2.24. The summed E-state index contributed by atoms with van der Waals surface area (Å²) in [5.74, 6) is 0.607. The van der Waals surface area contributed by atoms with E-state index in [1.54, 1.807) is 19.1 Å². The van der Waals surface area contributed by atoms with E-state index in [4.69, 9.17) is 9.47 Å². The molecule has 0 bridgehead atoms. The lowest BCUT2D eigenvalue weighted by molar-refractivity contribution is -0.144. The van der Waals surface area contributed by atoms with Gasteiger partial charge in [0, 0.05) is 29.5 Å². The first-order chi connectivity index (χ1) is 13.0. The molecule has 142 valence electrons. The zero-order valence-electron chi connectivity index (χ0n) is 15.7. The minimum atomic E-state index is -0.242. The van der Waals surface area contributed by atoms with Crippen LogP contribution in [0.25, 0.3) is 11.1 Å². The minimum absolute atomic E-state index is 0.139. The molecule has 2 aromatic carbocycles. The average molecular weight is 368 g/mol. The van der Waals surface area contributed by atoms with Crippen LogP contribution in [0.3, 0.4) is 0 Å². The van der Waals surface area contributed by atoms with Crippen LogP contribution in [0.5, 0.6) is 11.5 Å². The van der Waals surface area contributed by atoms with Gasteiger partial charge >= 0.3 is 5.97 Å². The van der Waals surface area contributed by atoms with Crippen LogP contribution in [0.2, 0.25) is 0 Å². The molecule has 1 aliphatic rings. The SMILES string of the molecule is CCCC(=O)OCCOc1c(-c2cccc3c2CCC3=O)ccc(O)c1C. The standard InChI is InChI=1S/C22H24O5/c1-3-5-21(25)26-12-13-27-22-14(2)19(23)10-9-18(22)15-6-4-7-17-16(15)8-11-20(17)24/h4,6-7,9-10,23H,3,5,8,11-13H2,1-2H3. The van der Waals surface area contributed by atoms with E-state index < -0.39 is 0 Å². The molecule has 0 spiro atoms. The monoisotopic (exact) mass is 368 g/mol. The van der Waals surface area contributed by atoms with Crippen LogP contribution in [0.1, 0.15) is 47.7 Å². The number of esters is 1. The van der Waals surface area contributed by atoms with Gasteiger partial charge in [-0.2, -0.15) is 0 Å². The van der Waals surface area contributed by atoms with Gasteiger partial charge in [-0.3, -0.25) is 9.59 Å². The quantitative estimate of drug-likeness (QED) is 0.585. The van der Waals surface area contributed by atoms with Crippen molar-refractivity contribution in [3.8, 4) is 22.6 Å². The number of carbonyl (C=O) groups is 2. The highest BCUT2D eigenvalue weighted by molar-refractivity contribution is 6.02. The Morgan fingerprint density at radius 3 is 2.63 bits per heavy atom. The van der Waals surface area contributed by atoms with Crippen molar-refractivity contribution in [3.05, 3.63) is 47.0 Å². The highest BCUT2D eigenvalue weighted by Crippen LogP contribution is 2.41. The van der Waals surface area contributed by atoms with Crippen LogP contribution in [-0.2, 0) is 16.0 Å². The first-order valence-corrected chi connectivity index (χ1v) is 9.29. The molecule has 5 nitrogen and oxygen atoms in total. The fraction of sp³-hybridized carbons (Fsp3) is 0.364. The maximum atomic E-state index is 12.1. The van der Waals surface area contributed by atoms with Gasteiger partial charge < -0.3 is 14.6 Å². The molecule has 1 N–H and O–H groups in total. The second kappa shape index (κ2) is 8.25. The molecule has 0 aromatic heterocycles. The summed E-state index contributed by atoms with van der Waals surface area (Å²) in [6, 6.07) is 9.14. The predicted molar refractivity (Wildman–Crippen MR) is 102 cm³/mol. The van der Waals surface area contributed by atoms with E-state index in [2.05, 4.69) is 0 Å². The molecule has 0 unspecified atom stereocenters. The zero-order valence-corrected chi connectivity index (χ0v) is 15.7. The highest BCUT2D eigenvalue weighted by atomic mass is 16.6. The number of Topliss-reactive ketones (excluding diaryl/α,β-unsaturated/α-hetero) is 1. The lowest BCUT2D eigenvalue weighted by atomic mass is 9.94. The van der Waals surface area contributed by atoms with Gasteiger partial charge in [-0.25, -0.2) is 0 Å². The lowest BCUT2D eigenvalue weighted by Gasteiger charge is -2.17. The Morgan fingerprint density at radius 2 is 1.85 bits per heavy atom. The molecule has 2 aromatic rings. The van der Waals surface area contributed by atoms with E-state index in [0.29, 0.717) is 30.6 Å². The lowest BCUT2D eigenvalue weighted by Crippen LogP contribution is -2.12. The van der Waals surface area contributed by atoms with E-state index in [0.717, 1.165) is 28.7 Å². The van der Waals surface area contributed by atoms with Crippen molar-refractivity contribution < 1.29 is 24.2 Å². The van der Waals surface area contributed by atoms with Crippen molar-refractivity contribution in [1.82, 2.24) is 0 Å². The Hall–Kier alpha value is -2.82. The number of hydrogen-bond acceptors (Lipinski definition) is 5. The number of carbonyl (C=O) groups excluding carboxylic acids is 2. The second-order valence-electron chi connectivity index (χ2n) is 6.66. The third-order valence-electron chi connectivity index (χ3n) is 4.79. The molecule has 0 saturated heterocycles. The normalized spacial score (nSPS) is 12.7. The molecule has 5 heteroatoms.